The first-order valence-corrected chi connectivity index (χ1v) is 7.29. The van der Waals surface area contributed by atoms with Crippen LogP contribution < -0.4 is 4.74 Å². The Balaban J connectivity index is 2.03. The molecule has 0 bridgehead atoms. The van der Waals surface area contributed by atoms with Gasteiger partial charge in [0.2, 0.25) is 0 Å². The molecule has 0 saturated carbocycles. The van der Waals surface area contributed by atoms with Crippen LogP contribution in [0.4, 0.5) is 4.39 Å². The van der Waals surface area contributed by atoms with Gasteiger partial charge < -0.3 is 9.72 Å². The van der Waals surface area contributed by atoms with Crippen LogP contribution in [-0.4, -0.2) is 17.9 Å². The quantitative estimate of drug-likeness (QED) is 0.704. The highest BCUT2D eigenvalue weighted by molar-refractivity contribution is 6.31. The van der Waals surface area contributed by atoms with Gasteiger partial charge in [0.05, 0.1) is 12.1 Å². The summed E-state index contributed by atoms with van der Waals surface area (Å²) >= 11 is 5.83. The van der Waals surface area contributed by atoms with E-state index >= 15 is 0 Å². The number of H-pyrrole nitrogens is 1. The zero-order valence-corrected chi connectivity index (χ0v) is 13.0. The summed E-state index contributed by atoms with van der Waals surface area (Å²) in [5.41, 5.74) is 2.34. The minimum atomic E-state index is -0.494. The summed E-state index contributed by atoms with van der Waals surface area (Å²) < 4.78 is 18.5. The van der Waals surface area contributed by atoms with E-state index in [9.17, 15) is 9.18 Å². The van der Waals surface area contributed by atoms with Crippen molar-refractivity contribution < 1.29 is 13.9 Å². The van der Waals surface area contributed by atoms with Gasteiger partial charge in [-0.15, -0.1) is 0 Å². The van der Waals surface area contributed by atoms with Gasteiger partial charge in [-0.1, -0.05) is 29.8 Å². The van der Waals surface area contributed by atoms with Crippen molar-refractivity contribution in [1.29, 1.82) is 0 Å². The lowest BCUT2D eigenvalue weighted by atomic mass is 9.98. The van der Waals surface area contributed by atoms with Gasteiger partial charge in [-0.3, -0.25) is 4.79 Å². The number of carbonyl (C=O) groups excluding carboxylic acids is 1. The van der Waals surface area contributed by atoms with Gasteiger partial charge in [0, 0.05) is 29.1 Å². The second-order valence-corrected chi connectivity index (χ2v) is 5.38. The van der Waals surface area contributed by atoms with Crippen LogP contribution in [0.2, 0.25) is 5.02 Å². The zero-order valence-electron chi connectivity index (χ0n) is 12.3. The van der Waals surface area contributed by atoms with Crippen molar-refractivity contribution in [2.45, 2.75) is 0 Å². The van der Waals surface area contributed by atoms with E-state index in [4.69, 9.17) is 16.3 Å². The molecule has 0 radical (unpaired) electrons. The Hall–Kier alpha value is -2.59. The Labute approximate surface area is 137 Å². The van der Waals surface area contributed by atoms with Crippen LogP contribution in [0.1, 0.15) is 15.9 Å². The Morgan fingerprint density at radius 1 is 1.17 bits per heavy atom. The molecule has 0 atom stereocenters. The smallest absolute Gasteiger partial charge is 0.195 e. The SMILES string of the molecule is COc1cccc(C(=O)c2c[nH]cc2-c2ccc(F)c(Cl)c2)c1. The second-order valence-electron chi connectivity index (χ2n) is 4.97. The number of halogens is 2. The third kappa shape index (κ3) is 2.98. The number of ketones is 1. The number of nitrogens with one attached hydrogen (secondary N) is 1. The molecule has 23 heavy (non-hydrogen) atoms. The van der Waals surface area contributed by atoms with E-state index in [0.717, 1.165) is 0 Å². The maximum Gasteiger partial charge on any atom is 0.195 e. The fourth-order valence-electron chi connectivity index (χ4n) is 2.37. The van der Waals surface area contributed by atoms with E-state index in [1.807, 2.05) is 0 Å². The summed E-state index contributed by atoms with van der Waals surface area (Å²) in [6.45, 7) is 0. The number of hydrogen-bond donors (Lipinski definition) is 1. The lowest BCUT2D eigenvalue weighted by Gasteiger charge is -2.06. The molecule has 0 aliphatic carbocycles. The van der Waals surface area contributed by atoms with Crippen LogP contribution in [0.25, 0.3) is 11.1 Å². The molecule has 0 spiro atoms. The van der Waals surface area contributed by atoms with Crippen molar-refractivity contribution in [2.24, 2.45) is 0 Å². The molecule has 0 amide bonds. The van der Waals surface area contributed by atoms with Gasteiger partial charge >= 0.3 is 0 Å². The Kier molecular flexibility index (Phi) is 4.17. The number of aromatic nitrogens is 1. The standard InChI is InChI=1S/C18H13ClFNO2/c1-23-13-4-2-3-12(7-13)18(22)15-10-21-9-14(15)11-5-6-17(20)16(19)8-11/h2-10,21H,1H3. The molecule has 3 nitrogen and oxygen atoms in total. The van der Waals surface area contributed by atoms with Crippen LogP contribution in [0.5, 0.6) is 5.75 Å². The number of ether oxygens (including phenoxy) is 1. The van der Waals surface area contributed by atoms with E-state index in [0.29, 0.717) is 28.0 Å². The predicted octanol–water partition coefficient (Wildman–Crippen LogP) is 4.71. The highest BCUT2D eigenvalue weighted by atomic mass is 35.5. The Bertz CT molecular complexity index is 873. The summed E-state index contributed by atoms with van der Waals surface area (Å²) in [4.78, 5) is 15.7. The summed E-state index contributed by atoms with van der Waals surface area (Å²) in [6.07, 6.45) is 3.31. The van der Waals surface area contributed by atoms with Crippen molar-refractivity contribution in [3.8, 4) is 16.9 Å². The minimum Gasteiger partial charge on any atom is -0.497 e. The van der Waals surface area contributed by atoms with Gasteiger partial charge in [0.15, 0.2) is 5.78 Å². The third-order valence-electron chi connectivity index (χ3n) is 3.55. The first-order chi connectivity index (χ1) is 11.1. The molecule has 0 aliphatic heterocycles. The molecule has 0 saturated heterocycles. The number of aromatic amines is 1. The summed E-state index contributed by atoms with van der Waals surface area (Å²) in [5.74, 6) is -0.0371. The number of benzene rings is 2. The maximum absolute atomic E-state index is 13.3. The molecule has 2 aromatic carbocycles. The minimum absolute atomic E-state index is 0.0171. The molecular formula is C18H13ClFNO2. The Morgan fingerprint density at radius 2 is 2.00 bits per heavy atom. The summed E-state index contributed by atoms with van der Waals surface area (Å²) in [5, 5.41) is 0.0171. The van der Waals surface area contributed by atoms with E-state index in [1.165, 1.54) is 12.1 Å². The number of methoxy groups -OCH3 is 1. The van der Waals surface area contributed by atoms with Gasteiger partial charge in [-0.25, -0.2) is 4.39 Å². The molecule has 5 heteroatoms. The van der Waals surface area contributed by atoms with Crippen molar-refractivity contribution in [3.05, 3.63) is 76.8 Å². The van der Waals surface area contributed by atoms with E-state index in [-0.39, 0.29) is 10.8 Å². The largest absolute Gasteiger partial charge is 0.497 e. The molecule has 3 rings (SSSR count). The topological polar surface area (TPSA) is 42.1 Å². The second kappa shape index (κ2) is 6.26. The average Bonchev–Trinajstić information content (AvgIpc) is 3.06. The molecule has 0 fully saturated rings. The molecular weight excluding hydrogens is 317 g/mol. The third-order valence-corrected chi connectivity index (χ3v) is 3.84. The van der Waals surface area contributed by atoms with Crippen molar-refractivity contribution in [1.82, 2.24) is 4.98 Å². The molecule has 1 N–H and O–H groups in total. The molecule has 1 heterocycles. The van der Waals surface area contributed by atoms with Crippen molar-refractivity contribution >= 4 is 17.4 Å². The number of hydrogen-bond acceptors (Lipinski definition) is 2. The van der Waals surface area contributed by atoms with Gasteiger partial charge in [0.25, 0.3) is 0 Å². The van der Waals surface area contributed by atoms with E-state index in [1.54, 1.807) is 49.8 Å². The highest BCUT2D eigenvalue weighted by Crippen LogP contribution is 2.29. The molecule has 3 aromatic rings. The zero-order chi connectivity index (χ0) is 16.4. The van der Waals surface area contributed by atoms with Crippen LogP contribution in [0, 0.1) is 5.82 Å². The summed E-state index contributed by atoms with van der Waals surface area (Å²) in [6, 6.07) is 11.3. The van der Waals surface area contributed by atoms with Gasteiger partial charge in [0.1, 0.15) is 11.6 Å². The lowest BCUT2D eigenvalue weighted by molar-refractivity contribution is 0.103. The normalized spacial score (nSPS) is 10.6. The number of carbonyl (C=O) groups is 1. The monoisotopic (exact) mass is 329 g/mol. The van der Waals surface area contributed by atoms with E-state index < -0.39 is 5.82 Å². The van der Waals surface area contributed by atoms with Crippen LogP contribution >= 0.6 is 11.6 Å². The molecule has 0 aliphatic rings. The van der Waals surface area contributed by atoms with Gasteiger partial charge in [-0.2, -0.15) is 0 Å². The highest BCUT2D eigenvalue weighted by Gasteiger charge is 2.17. The first kappa shape index (κ1) is 15.3. The van der Waals surface area contributed by atoms with Crippen molar-refractivity contribution in [2.75, 3.05) is 7.11 Å². The lowest BCUT2D eigenvalue weighted by Crippen LogP contribution is -2.02. The number of rotatable bonds is 4. The van der Waals surface area contributed by atoms with Gasteiger partial charge in [-0.05, 0) is 29.8 Å². The maximum atomic E-state index is 13.3. The fraction of sp³-hybridized carbons (Fsp3) is 0.0556. The van der Waals surface area contributed by atoms with Crippen molar-refractivity contribution in [3.63, 3.8) is 0 Å². The molecule has 116 valence electrons. The predicted molar refractivity (Wildman–Crippen MR) is 87.6 cm³/mol. The first-order valence-electron chi connectivity index (χ1n) is 6.91. The molecule has 0 unspecified atom stereocenters. The van der Waals surface area contributed by atoms with Crippen LogP contribution in [0.3, 0.4) is 0 Å². The average molecular weight is 330 g/mol. The van der Waals surface area contributed by atoms with Crippen LogP contribution in [0.15, 0.2) is 54.9 Å². The Morgan fingerprint density at radius 3 is 2.74 bits per heavy atom. The summed E-state index contributed by atoms with van der Waals surface area (Å²) in [7, 11) is 1.55. The molecule has 1 aromatic heterocycles. The van der Waals surface area contributed by atoms with Crippen LogP contribution in [-0.2, 0) is 0 Å². The van der Waals surface area contributed by atoms with E-state index in [2.05, 4.69) is 4.98 Å². The fourth-order valence-corrected chi connectivity index (χ4v) is 2.55.